The third-order valence-corrected chi connectivity index (χ3v) is 3.55. The Morgan fingerprint density at radius 2 is 1.95 bits per heavy atom. The monoisotopic (exact) mass is 324 g/mol. The molecule has 1 aromatic carbocycles. The van der Waals surface area contributed by atoms with Crippen LogP contribution in [0.1, 0.15) is 26.3 Å². The van der Waals surface area contributed by atoms with Gasteiger partial charge >= 0.3 is 0 Å². The zero-order chi connectivity index (χ0) is 15.5. The number of nitrogens with one attached hydrogen (secondary N) is 1. The van der Waals surface area contributed by atoms with Crippen LogP contribution in [0.5, 0.6) is 11.6 Å². The fourth-order valence-corrected chi connectivity index (χ4v) is 1.99. The van der Waals surface area contributed by atoms with E-state index in [2.05, 4.69) is 31.1 Å². The van der Waals surface area contributed by atoms with Gasteiger partial charge in [0.25, 0.3) is 0 Å². The maximum Gasteiger partial charge on any atom is 0.219 e. The van der Waals surface area contributed by atoms with E-state index in [1.54, 1.807) is 24.4 Å². The number of halogens is 2. The van der Waals surface area contributed by atoms with Crippen LogP contribution in [0.3, 0.4) is 0 Å². The summed E-state index contributed by atoms with van der Waals surface area (Å²) in [6, 6.07) is 9.10. The summed E-state index contributed by atoms with van der Waals surface area (Å²) in [5.41, 5.74) is 1.15. The van der Waals surface area contributed by atoms with E-state index in [9.17, 15) is 0 Å². The molecule has 21 heavy (non-hydrogen) atoms. The van der Waals surface area contributed by atoms with Crippen LogP contribution in [0.25, 0.3) is 0 Å². The molecule has 1 heterocycles. The zero-order valence-corrected chi connectivity index (χ0v) is 13.8. The molecule has 0 radical (unpaired) electrons. The summed E-state index contributed by atoms with van der Waals surface area (Å²) in [6.07, 6.45) is 1.72. The van der Waals surface area contributed by atoms with Gasteiger partial charge in [0.2, 0.25) is 5.88 Å². The Kier molecular flexibility index (Phi) is 5.09. The standard InChI is InChI=1S/C16H18Cl2N2O/c1-16(2,3)20-10-11-7-8-19-14(9-11)21-13-6-4-5-12(17)15(13)18/h4-9,20H,10H2,1-3H3. The van der Waals surface area contributed by atoms with Crippen LogP contribution in [0.15, 0.2) is 36.5 Å². The molecule has 0 amide bonds. The number of hydrogen-bond acceptors (Lipinski definition) is 3. The molecular formula is C16H18Cl2N2O. The van der Waals surface area contributed by atoms with Crippen molar-refractivity contribution in [2.24, 2.45) is 0 Å². The van der Waals surface area contributed by atoms with Crippen molar-refractivity contribution in [2.45, 2.75) is 32.9 Å². The molecule has 0 fully saturated rings. The second kappa shape index (κ2) is 6.65. The van der Waals surface area contributed by atoms with Gasteiger partial charge in [-0.15, -0.1) is 0 Å². The van der Waals surface area contributed by atoms with Gasteiger partial charge in [-0.2, -0.15) is 0 Å². The lowest BCUT2D eigenvalue weighted by atomic mass is 10.1. The smallest absolute Gasteiger partial charge is 0.219 e. The number of nitrogens with zero attached hydrogens (tertiary/aromatic N) is 1. The van der Waals surface area contributed by atoms with E-state index in [1.165, 1.54) is 0 Å². The fourth-order valence-electron chi connectivity index (χ4n) is 1.66. The van der Waals surface area contributed by atoms with Crippen molar-refractivity contribution >= 4 is 23.2 Å². The summed E-state index contributed by atoms with van der Waals surface area (Å²) >= 11 is 12.1. The topological polar surface area (TPSA) is 34.2 Å². The van der Waals surface area contributed by atoms with E-state index in [0.717, 1.165) is 12.1 Å². The summed E-state index contributed by atoms with van der Waals surface area (Å²) < 4.78 is 5.71. The van der Waals surface area contributed by atoms with Gasteiger partial charge in [-0.1, -0.05) is 29.3 Å². The molecule has 5 heteroatoms. The number of ether oxygens (including phenoxy) is 1. The molecule has 2 rings (SSSR count). The SMILES string of the molecule is CC(C)(C)NCc1ccnc(Oc2cccc(Cl)c2Cl)c1. The van der Waals surface area contributed by atoms with Gasteiger partial charge < -0.3 is 10.1 Å². The van der Waals surface area contributed by atoms with Gasteiger partial charge in [-0.3, -0.25) is 0 Å². The van der Waals surface area contributed by atoms with Crippen molar-refractivity contribution in [2.75, 3.05) is 0 Å². The van der Waals surface area contributed by atoms with Gasteiger partial charge in [0.05, 0.1) is 5.02 Å². The van der Waals surface area contributed by atoms with Crippen LogP contribution in [0.2, 0.25) is 10.0 Å². The summed E-state index contributed by atoms with van der Waals surface area (Å²) in [4.78, 5) is 4.20. The van der Waals surface area contributed by atoms with Crippen molar-refractivity contribution in [3.05, 3.63) is 52.1 Å². The summed E-state index contributed by atoms with van der Waals surface area (Å²) in [5, 5.41) is 4.27. The molecule has 3 nitrogen and oxygen atoms in total. The average molecular weight is 325 g/mol. The number of benzene rings is 1. The molecule has 1 aromatic heterocycles. The van der Waals surface area contributed by atoms with E-state index in [-0.39, 0.29) is 5.54 Å². The first-order valence-corrected chi connectivity index (χ1v) is 7.42. The first-order valence-electron chi connectivity index (χ1n) is 6.67. The minimum Gasteiger partial charge on any atom is -0.437 e. The highest BCUT2D eigenvalue weighted by Gasteiger charge is 2.10. The average Bonchev–Trinajstić information content (AvgIpc) is 2.41. The third kappa shape index (κ3) is 4.88. The van der Waals surface area contributed by atoms with Gasteiger partial charge in [-0.25, -0.2) is 4.98 Å². The Labute approximate surface area is 135 Å². The van der Waals surface area contributed by atoms with Crippen molar-refractivity contribution in [3.63, 3.8) is 0 Å². The molecular weight excluding hydrogens is 307 g/mol. The highest BCUT2D eigenvalue weighted by atomic mass is 35.5. The lowest BCUT2D eigenvalue weighted by molar-refractivity contribution is 0.422. The molecule has 0 bridgehead atoms. The quantitative estimate of drug-likeness (QED) is 0.852. The predicted molar refractivity (Wildman–Crippen MR) is 87.4 cm³/mol. The Hall–Kier alpha value is -1.29. The van der Waals surface area contributed by atoms with Crippen molar-refractivity contribution in [3.8, 4) is 11.6 Å². The van der Waals surface area contributed by atoms with Gasteiger partial charge in [0.1, 0.15) is 10.8 Å². The Bertz CT molecular complexity index is 624. The van der Waals surface area contributed by atoms with Crippen molar-refractivity contribution in [1.29, 1.82) is 0 Å². The minimum atomic E-state index is 0.0561. The maximum absolute atomic E-state index is 6.11. The Morgan fingerprint density at radius 1 is 1.19 bits per heavy atom. The van der Waals surface area contributed by atoms with Crippen LogP contribution in [-0.4, -0.2) is 10.5 Å². The van der Waals surface area contributed by atoms with E-state index < -0.39 is 0 Å². The molecule has 0 spiro atoms. The van der Waals surface area contributed by atoms with Gasteiger partial charge in [-0.05, 0) is 44.5 Å². The molecule has 0 aliphatic heterocycles. The Balaban J connectivity index is 2.12. The van der Waals surface area contributed by atoms with Crippen LogP contribution in [0, 0.1) is 0 Å². The second-order valence-electron chi connectivity index (χ2n) is 5.76. The molecule has 0 saturated carbocycles. The van der Waals surface area contributed by atoms with Gasteiger partial charge in [0, 0.05) is 24.3 Å². The lowest BCUT2D eigenvalue weighted by Gasteiger charge is -2.20. The van der Waals surface area contributed by atoms with Gasteiger partial charge in [0.15, 0.2) is 0 Å². The van der Waals surface area contributed by atoms with Crippen LogP contribution in [-0.2, 0) is 6.54 Å². The molecule has 0 aliphatic carbocycles. The number of hydrogen-bond donors (Lipinski definition) is 1. The first kappa shape index (κ1) is 16.1. The zero-order valence-electron chi connectivity index (χ0n) is 12.3. The van der Waals surface area contributed by atoms with Crippen LogP contribution >= 0.6 is 23.2 Å². The largest absolute Gasteiger partial charge is 0.437 e. The molecule has 0 aliphatic rings. The van der Waals surface area contributed by atoms with Crippen molar-refractivity contribution < 1.29 is 4.74 Å². The highest BCUT2D eigenvalue weighted by Crippen LogP contribution is 2.34. The summed E-state index contributed by atoms with van der Waals surface area (Å²) in [5.74, 6) is 0.991. The first-order chi connectivity index (χ1) is 9.85. The molecule has 1 N–H and O–H groups in total. The molecule has 0 saturated heterocycles. The van der Waals surface area contributed by atoms with E-state index in [1.807, 2.05) is 12.1 Å². The number of pyridine rings is 1. The van der Waals surface area contributed by atoms with E-state index in [0.29, 0.717) is 21.7 Å². The number of aromatic nitrogens is 1. The fraction of sp³-hybridized carbons (Fsp3) is 0.312. The highest BCUT2D eigenvalue weighted by molar-refractivity contribution is 6.42. The maximum atomic E-state index is 6.11. The minimum absolute atomic E-state index is 0.0561. The third-order valence-electron chi connectivity index (χ3n) is 2.75. The lowest BCUT2D eigenvalue weighted by Crippen LogP contribution is -2.35. The van der Waals surface area contributed by atoms with E-state index in [4.69, 9.17) is 27.9 Å². The van der Waals surface area contributed by atoms with Crippen LogP contribution < -0.4 is 10.1 Å². The Morgan fingerprint density at radius 3 is 2.67 bits per heavy atom. The molecule has 0 unspecified atom stereocenters. The second-order valence-corrected chi connectivity index (χ2v) is 6.55. The molecule has 112 valence electrons. The molecule has 0 atom stereocenters. The van der Waals surface area contributed by atoms with E-state index >= 15 is 0 Å². The normalized spacial score (nSPS) is 11.5. The number of rotatable bonds is 4. The summed E-state index contributed by atoms with van der Waals surface area (Å²) in [7, 11) is 0. The van der Waals surface area contributed by atoms with Crippen molar-refractivity contribution in [1.82, 2.24) is 10.3 Å². The molecule has 2 aromatic rings. The van der Waals surface area contributed by atoms with Crippen LogP contribution in [0.4, 0.5) is 0 Å². The summed E-state index contributed by atoms with van der Waals surface area (Å²) in [6.45, 7) is 7.11. The predicted octanol–water partition coefficient (Wildman–Crippen LogP) is 5.07.